The van der Waals surface area contributed by atoms with Crippen LogP contribution in [-0.2, 0) is 16.3 Å². The third-order valence-electron chi connectivity index (χ3n) is 4.77. The summed E-state index contributed by atoms with van der Waals surface area (Å²) in [5, 5.41) is 11.4. The number of benzene rings is 2. The zero-order chi connectivity index (χ0) is 17.4. The topological polar surface area (TPSA) is 71.8 Å². The number of carbonyl (C=O) groups excluding carboxylic acids is 1. The van der Waals surface area contributed by atoms with E-state index < -0.39 is 18.1 Å². The zero-order valence-corrected chi connectivity index (χ0v) is 13.6. The summed E-state index contributed by atoms with van der Waals surface area (Å²) in [6, 6.07) is 15.1. The molecule has 1 N–H and O–H groups in total. The lowest BCUT2D eigenvalue weighted by atomic mass is 10.2. The number of carboxylic acids is 1. The number of para-hydroxylation sites is 2. The highest BCUT2D eigenvalue weighted by molar-refractivity contribution is 6.07. The van der Waals surface area contributed by atoms with Crippen LogP contribution >= 0.6 is 0 Å². The third kappa shape index (κ3) is 2.59. The molecule has 2 heterocycles. The van der Waals surface area contributed by atoms with Gasteiger partial charge in [0.25, 0.3) is 0 Å². The number of aliphatic carboxylic acids is 1. The number of carbonyl (C=O) groups is 2. The van der Waals surface area contributed by atoms with Crippen molar-refractivity contribution in [3.05, 3.63) is 48.5 Å². The van der Waals surface area contributed by atoms with Gasteiger partial charge >= 0.3 is 12.1 Å². The molecule has 1 saturated heterocycles. The Hall–Kier alpha value is -3.02. The number of carboxylic acid groups (broad SMARTS) is 1. The van der Waals surface area contributed by atoms with Gasteiger partial charge < -0.3 is 14.4 Å². The van der Waals surface area contributed by atoms with Gasteiger partial charge in [-0.15, -0.1) is 0 Å². The highest BCUT2D eigenvalue weighted by atomic mass is 16.6. The molecule has 0 spiro atoms. The number of rotatable bonds is 3. The molecule has 6 nitrogen and oxygen atoms in total. The SMILES string of the molecule is O=C(O)[C@H]1CCCN1C(=O)OCn1c2ccccc2c2ccccc21. The lowest BCUT2D eigenvalue weighted by molar-refractivity contribution is -0.141. The molecule has 2 aromatic carbocycles. The van der Waals surface area contributed by atoms with Gasteiger partial charge in [-0.05, 0) is 25.0 Å². The van der Waals surface area contributed by atoms with E-state index >= 15 is 0 Å². The van der Waals surface area contributed by atoms with Crippen LogP contribution in [0.15, 0.2) is 48.5 Å². The minimum atomic E-state index is -0.980. The second-order valence-corrected chi connectivity index (χ2v) is 6.19. The molecule has 1 aromatic heterocycles. The van der Waals surface area contributed by atoms with E-state index in [1.165, 1.54) is 4.90 Å². The lowest BCUT2D eigenvalue weighted by Crippen LogP contribution is -2.40. The van der Waals surface area contributed by atoms with Gasteiger partial charge in [-0.25, -0.2) is 9.59 Å². The molecule has 0 unspecified atom stereocenters. The van der Waals surface area contributed by atoms with Crippen molar-refractivity contribution in [3.63, 3.8) is 0 Å². The second kappa shape index (κ2) is 6.12. The van der Waals surface area contributed by atoms with Gasteiger partial charge in [0.05, 0.1) is 11.0 Å². The van der Waals surface area contributed by atoms with Crippen LogP contribution in [0.5, 0.6) is 0 Å². The molecule has 1 atom stereocenters. The molecule has 3 aromatic rings. The maximum absolute atomic E-state index is 12.4. The van der Waals surface area contributed by atoms with E-state index in [4.69, 9.17) is 4.74 Å². The van der Waals surface area contributed by atoms with Gasteiger partial charge in [0.15, 0.2) is 6.73 Å². The summed E-state index contributed by atoms with van der Waals surface area (Å²) in [7, 11) is 0. The Bertz CT molecular complexity index is 909. The smallest absolute Gasteiger partial charge is 0.412 e. The summed E-state index contributed by atoms with van der Waals surface area (Å²) < 4.78 is 7.39. The summed E-state index contributed by atoms with van der Waals surface area (Å²) in [6.07, 6.45) is 0.577. The van der Waals surface area contributed by atoms with E-state index in [0.717, 1.165) is 21.8 Å². The first-order valence-electron chi connectivity index (χ1n) is 8.29. The van der Waals surface area contributed by atoms with Crippen LogP contribution in [0.4, 0.5) is 4.79 Å². The van der Waals surface area contributed by atoms with E-state index in [0.29, 0.717) is 19.4 Å². The van der Waals surface area contributed by atoms with Crippen LogP contribution in [0, 0.1) is 0 Å². The van der Waals surface area contributed by atoms with Gasteiger partial charge in [-0.3, -0.25) is 4.90 Å². The Kier molecular flexibility index (Phi) is 3.80. The summed E-state index contributed by atoms with van der Waals surface area (Å²) >= 11 is 0. The number of nitrogens with zero attached hydrogens (tertiary/aromatic N) is 2. The molecule has 25 heavy (non-hydrogen) atoms. The first kappa shape index (κ1) is 15.5. The first-order chi connectivity index (χ1) is 12.2. The van der Waals surface area contributed by atoms with Crippen LogP contribution < -0.4 is 0 Å². The monoisotopic (exact) mass is 338 g/mol. The molecule has 1 aliphatic rings. The van der Waals surface area contributed by atoms with Crippen molar-refractivity contribution in [2.45, 2.75) is 25.6 Å². The highest BCUT2D eigenvalue weighted by Gasteiger charge is 2.35. The number of ether oxygens (including phenoxy) is 1. The quantitative estimate of drug-likeness (QED) is 0.794. The standard InChI is InChI=1S/C19H18N2O4/c22-18(23)17-10-5-11-20(17)19(24)25-12-21-15-8-3-1-6-13(15)14-7-2-4-9-16(14)21/h1-4,6-9,17H,5,10-12H2,(H,22,23)/t17-/m1/s1. The average Bonchev–Trinajstić information content (AvgIpc) is 3.23. The predicted molar refractivity (Wildman–Crippen MR) is 93.3 cm³/mol. The number of likely N-dealkylation sites (tertiary alicyclic amines) is 1. The van der Waals surface area contributed by atoms with Gasteiger partial charge in [0.2, 0.25) is 0 Å². The maximum atomic E-state index is 12.4. The van der Waals surface area contributed by atoms with Crippen LogP contribution in [0.1, 0.15) is 12.8 Å². The fourth-order valence-corrected chi connectivity index (χ4v) is 3.59. The van der Waals surface area contributed by atoms with Crippen molar-refractivity contribution in [2.75, 3.05) is 6.54 Å². The average molecular weight is 338 g/mol. The molecule has 0 radical (unpaired) electrons. The second-order valence-electron chi connectivity index (χ2n) is 6.19. The number of fused-ring (bicyclic) bond motifs is 3. The minimum Gasteiger partial charge on any atom is -0.480 e. The zero-order valence-electron chi connectivity index (χ0n) is 13.6. The fraction of sp³-hybridized carbons (Fsp3) is 0.263. The van der Waals surface area contributed by atoms with Crippen molar-refractivity contribution in [1.29, 1.82) is 0 Å². The molecule has 6 heteroatoms. The van der Waals surface area contributed by atoms with Crippen molar-refractivity contribution in [3.8, 4) is 0 Å². The molecule has 1 aliphatic heterocycles. The Morgan fingerprint density at radius 2 is 1.64 bits per heavy atom. The molecular formula is C19H18N2O4. The van der Waals surface area contributed by atoms with E-state index in [1.807, 2.05) is 53.1 Å². The first-order valence-corrected chi connectivity index (χ1v) is 8.29. The van der Waals surface area contributed by atoms with E-state index in [2.05, 4.69) is 0 Å². The molecule has 1 fully saturated rings. The fourth-order valence-electron chi connectivity index (χ4n) is 3.59. The number of aromatic nitrogens is 1. The van der Waals surface area contributed by atoms with Gasteiger partial charge in [0, 0.05) is 17.3 Å². The normalized spacial score (nSPS) is 17.3. The summed E-state index contributed by atoms with van der Waals surface area (Å²) in [5.74, 6) is -0.980. The predicted octanol–water partition coefficient (Wildman–Crippen LogP) is 3.44. The van der Waals surface area contributed by atoms with E-state index in [9.17, 15) is 14.7 Å². The van der Waals surface area contributed by atoms with Gasteiger partial charge in [0.1, 0.15) is 6.04 Å². The highest BCUT2D eigenvalue weighted by Crippen LogP contribution is 2.29. The molecular weight excluding hydrogens is 320 g/mol. The number of hydrogen-bond acceptors (Lipinski definition) is 3. The maximum Gasteiger partial charge on any atom is 0.412 e. The van der Waals surface area contributed by atoms with E-state index in [-0.39, 0.29) is 6.73 Å². The van der Waals surface area contributed by atoms with Crippen molar-refractivity contribution in [2.24, 2.45) is 0 Å². The van der Waals surface area contributed by atoms with Crippen molar-refractivity contribution in [1.82, 2.24) is 9.47 Å². The Morgan fingerprint density at radius 1 is 1.04 bits per heavy atom. The summed E-state index contributed by atoms with van der Waals surface area (Å²) in [4.78, 5) is 24.9. The van der Waals surface area contributed by atoms with Crippen molar-refractivity contribution < 1.29 is 19.4 Å². The largest absolute Gasteiger partial charge is 0.480 e. The Morgan fingerprint density at radius 3 is 2.24 bits per heavy atom. The Labute approximate surface area is 144 Å². The summed E-state index contributed by atoms with van der Waals surface area (Å²) in [5.41, 5.74) is 1.96. The van der Waals surface area contributed by atoms with Crippen molar-refractivity contribution >= 4 is 33.9 Å². The van der Waals surface area contributed by atoms with Crippen LogP contribution in [0.3, 0.4) is 0 Å². The van der Waals surface area contributed by atoms with Crippen LogP contribution in [0.2, 0.25) is 0 Å². The minimum absolute atomic E-state index is 0.0513. The van der Waals surface area contributed by atoms with Crippen LogP contribution in [-0.4, -0.2) is 39.2 Å². The molecule has 0 aliphatic carbocycles. The third-order valence-corrected chi connectivity index (χ3v) is 4.77. The van der Waals surface area contributed by atoms with Crippen LogP contribution in [0.25, 0.3) is 21.8 Å². The summed E-state index contributed by atoms with van der Waals surface area (Å²) in [6.45, 7) is 0.471. The van der Waals surface area contributed by atoms with Gasteiger partial charge in [-0.2, -0.15) is 0 Å². The van der Waals surface area contributed by atoms with E-state index in [1.54, 1.807) is 0 Å². The molecule has 4 rings (SSSR count). The molecule has 0 saturated carbocycles. The van der Waals surface area contributed by atoms with Gasteiger partial charge in [-0.1, -0.05) is 36.4 Å². The molecule has 0 bridgehead atoms. The Balaban J connectivity index is 1.62. The number of hydrogen-bond donors (Lipinski definition) is 1. The molecule has 1 amide bonds. The number of amides is 1. The lowest BCUT2D eigenvalue weighted by Gasteiger charge is -2.21. The molecule has 128 valence electrons.